The van der Waals surface area contributed by atoms with E-state index < -0.39 is 0 Å². The largest absolute Gasteiger partial charge is 0.396 e. The quantitative estimate of drug-likeness (QED) is 0.326. The summed E-state index contributed by atoms with van der Waals surface area (Å²) < 4.78 is 0. The van der Waals surface area contributed by atoms with Gasteiger partial charge in [-0.25, -0.2) is 0 Å². The van der Waals surface area contributed by atoms with Crippen molar-refractivity contribution in [3.05, 3.63) is 131 Å². The highest BCUT2D eigenvalue weighted by molar-refractivity contribution is 5.95. The second-order valence-electron chi connectivity index (χ2n) is 9.17. The molecule has 0 aliphatic rings. The number of carbonyl (C=O) groups excluding carboxylic acids is 1. The maximum Gasteiger partial charge on any atom is 0.251 e. The van der Waals surface area contributed by atoms with Crippen LogP contribution in [0, 0.1) is 24.2 Å². The summed E-state index contributed by atoms with van der Waals surface area (Å²) in [6.45, 7) is 1.98. The monoisotopic (exact) mass is 474 g/mol. The first-order valence-corrected chi connectivity index (χ1v) is 12.2. The van der Waals surface area contributed by atoms with Crippen LogP contribution in [-0.4, -0.2) is 23.7 Å². The molecule has 0 aliphatic heterocycles. The Bertz CT molecular complexity index is 1320. The molecular weight excluding hydrogens is 444 g/mol. The molecule has 36 heavy (non-hydrogen) atoms. The number of rotatable bonds is 9. The van der Waals surface area contributed by atoms with Gasteiger partial charge in [0.1, 0.15) is 0 Å². The highest BCUT2D eigenvalue weighted by Gasteiger charge is 2.24. The summed E-state index contributed by atoms with van der Waals surface area (Å²) in [4.78, 5) is 13.3. The van der Waals surface area contributed by atoms with Crippen LogP contribution < -0.4 is 5.32 Å². The number of hydrogen-bond acceptors (Lipinski definition) is 3. The molecule has 0 saturated heterocycles. The zero-order valence-corrected chi connectivity index (χ0v) is 20.4. The Balaban J connectivity index is 1.54. The predicted molar refractivity (Wildman–Crippen MR) is 143 cm³/mol. The molecule has 4 rings (SSSR count). The summed E-state index contributed by atoms with van der Waals surface area (Å²) in [5.41, 5.74) is 6.57. The standard InChI is InChI=1S/C32H30N2O2/c1-23-10-12-27(13-11-23)28-14-16-29(17-15-28)32(36)34-31(20-24-6-3-2-4-7-24)30(22-35)19-25-8-5-9-26(18-25)21-33/h2-18,30-31,35H,19-20,22H2,1H3,(H,34,36). The molecule has 180 valence electrons. The van der Waals surface area contributed by atoms with E-state index in [2.05, 4.69) is 42.6 Å². The minimum atomic E-state index is -0.285. The van der Waals surface area contributed by atoms with E-state index in [9.17, 15) is 15.2 Å². The van der Waals surface area contributed by atoms with Crippen molar-refractivity contribution in [1.29, 1.82) is 5.26 Å². The number of nitrogens with zero attached hydrogens (tertiary/aromatic N) is 1. The van der Waals surface area contributed by atoms with E-state index in [1.54, 1.807) is 6.07 Å². The van der Waals surface area contributed by atoms with Crippen LogP contribution in [0.25, 0.3) is 11.1 Å². The SMILES string of the molecule is Cc1ccc(-c2ccc(C(=O)NC(Cc3ccccc3)C(CO)Cc3cccc(C#N)c3)cc2)cc1. The Morgan fingerprint density at radius 1 is 0.833 bits per heavy atom. The first-order valence-electron chi connectivity index (χ1n) is 12.2. The zero-order valence-electron chi connectivity index (χ0n) is 20.4. The maximum atomic E-state index is 13.3. The van der Waals surface area contributed by atoms with Crippen molar-refractivity contribution < 1.29 is 9.90 Å². The summed E-state index contributed by atoms with van der Waals surface area (Å²) in [6, 6.07) is 35.2. The normalized spacial score (nSPS) is 12.4. The van der Waals surface area contributed by atoms with E-state index in [1.165, 1.54) is 5.56 Å². The number of aliphatic hydroxyl groups excluding tert-OH is 1. The number of amides is 1. The Labute approximate surface area is 212 Å². The average molecular weight is 475 g/mol. The lowest BCUT2D eigenvalue weighted by Gasteiger charge is -2.27. The highest BCUT2D eigenvalue weighted by Crippen LogP contribution is 2.22. The second-order valence-corrected chi connectivity index (χ2v) is 9.17. The molecule has 0 aromatic heterocycles. The van der Waals surface area contributed by atoms with Gasteiger partial charge in [0.05, 0.1) is 11.6 Å². The molecule has 1 amide bonds. The molecular formula is C32H30N2O2. The third-order valence-electron chi connectivity index (χ3n) is 6.50. The molecule has 4 nitrogen and oxygen atoms in total. The van der Waals surface area contributed by atoms with Crippen molar-refractivity contribution in [3.63, 3.8) is 0 Å². The fourth-order valence-corrected chi connectivity index (χ4v) is 4.42. The summed E-state index contributed by atoms with van der Waals surface area (Å²) in [7, 11) is 0. The van der Waals surface area contributed by atoms with E-state index in [0.717, 1.165) is 22.3 Å². The van der Waals surface area contributed by atoms with Crippen LogP contribution in [0.4, 0.5) is 0 Å². The van der Waals surface area contributed by atoms with Gasteiger partial charge in [-0.05, 0) is 66.3 Å². The predicted octanol–water partition coefficient (Wildman–Crippen LogP) is 5.73. The van der Waals surface area contributed by atoms with Crippen molar-refractivity contribution in [2.45, 2.75) is 25.8 Å². The van der Waals surface area contributed by atoms with Crippen LogP contribution in [0.2, 0.25) is 0 Å². The van der Waals surface area contributed by atoms with Crippen LogP contribution in [0.1, 0.15) is 32.6 Å². The molecule has 4 aromatic carbocycles. The van der Waals surface area contributed by atoms with Gasteiger partial charge >= 0.3 is 0 Å². The van der Waals surface area contributed by atoms with Crippen LogP contribution in [-0.2, 0) is 12.8 Å². The molecule has 0 fully saturated rings. The molecule has 2 unspecified atom stereocenters. The molecule has 0 spiro atoms. The van der Waals surface area contributed by atoms with Crippen LogP contribution in [0.5, 0.6) is 0 Å². The fourth-order valence-electron chi connectivity index (χ4n) is 4.42. The molecule has 4 heteroatoms. The molecule has 0 bridgehead atoms. The van der Waals surface area contributed by atoms with Gasteiger partial charge in [0, 0.05) is 24.1 Å². The minimum Gasteiger partial charge on any atom is -0.396 e. The van der Waals surface area contributed by atoms with E-state index in [-0.39, 0.29) is 24.5 Å². The molecule has 2 atom stereocenters. The number of nitrogens with one attached hydrogen (secondary N) is 1. The summed E-state index contributed by atoms with van der Waals surface area (Å²) >= 11 is 0. The van der Waals surface area contributed by atoms with Crippen LogP contribution >= 0.6 is 0 Å². The Hall–Kier alpha value is -4.20. The summed E-state index contributed by atoms with van der Waals surface area (Å²) in [6.07, 6.45) is 1.15. The number of aliphatic hydroxyl groups is 1. The minimum absolute atomic E-state index is 0.0824. The van der Waals surface area contributed by atoms with Crippen LogP contribution in [0.3, 0.4) is 0 Å². The molecule has 4 aromatic rings. The Kier molecular flexibility index (Phi) is 8.28. The van der Waals surface area contributed by atoms with Gasteiger partial charge in [-0.1, -0.05) is 84.4 Å². The lowest BCUT2D eigenvalue weighted by atomic mass is 9.88. The van der Waals surface area contributed by atoms with E-state index in [0.29, 0.717) is 24.0 Å². The van der Waals surface area contributed by atoms with E-state index in [1.807, 2.05) is 72.8 Å². The Morgan fingerprint density at radius 2 is 1.47 bits per heavy atom. The summed E-state index contributed by atoms with van der Waals surface area (Å²) in [5, 5.41) is 22.7. The topological polar surface area (TPSA) is 73.1 Å². The molecule has 0 heterocycles. The molecule has 2 N–H and O–H groups in total. The van der Waals surface area contributed by atoms with Gasteiger partial charge in [0.15, 0.2) is 0 Å². The average Bonchev–Trinajstić information content (AvgIpc) is 2.92. The number of benzene rings is 4. The lowest BCUT2D eigenvalue weighted by Crippen LogP contribution is -2.44. The van der Waals surface area contributed by atoms with Gasteiger partial charge in [0.25, 0.3) is 5.91 Å². The third kappa shape index (κ3) is 6.47. The zero-order chi connectivity index (χ0) is 25.3. The van der Waals surface area contributed by atoms with Crippen molar-refractivity contribution in [3.8, 4) is 17.2 Å². The van der Waals surface area contributed by atoms with E-state index >= 15 is 0 Å². The highest BCUT2D eigenvalue weighted by atomic mass is 16.3. The maximum absolute atomic E-state index is 13.3. The summed E-state index contributed by atoms with van der Waals surface area (Å²) in [5.74, 6) is -0.384. The first kappa shape index (κ1) is 24.9. The Morgan fingerprint density at radius 3 is 2.11 bits per heavy atom. The lowest BCUT2D eigenvalue weighted by molar-refractivity contribution is 0.0903. The van der Waals surface area contributed by atoms with Crippen LogP contribution in [0.15, 0.2) is 103 Å². The van der Waals surface area contributed by atoms with E-state index in [4.69, 9.17) is 0 Å². The molecule has 0 radical (unpaired) electrons. The van der Waals surface area contributed by atoms with Gasteiger partial charge in [-0.15, -0.1) is 0 Å². The molecule has 0 saturated carbocycles. The van der Waals surface area contributed by atoms with Crippen molar-refractivity contribution >= 4 is 5.91 Å². The smallest absolute Gasteiger partial charge is 0.251 e. The first-order chi connectivity index (χ1) is 17.6. The third-order valence-corrected chi connectivity index (χ3v) is 6.50. The van der Waals surface area contributed by atoms with Gasteiger partial charge in [0.2, 0.25) is 0 Å². The second kappa shape index (κ2) is 12.0. The van der Waals surface area contributed by atoms with Crippen molar-refractivity contribution in [2.24, 2.45) is 5.92 Å². The number of nitriles is 1. The fraction of sp³-hybridized carbons (Fsp3) is 0.188. The van der Waals surface area contributed by atoms with Gasteiger partial charge < -0.3 is 10.4 Å². The number of hydrogen-bond donors (Lipinski definition) is 2. The van der Waals surface area contributed by atoms with Gasteiger partial charge in [-0.3, -0.25) is 4.79 Å². The number of aryl methyl sites for hydroxylation is 1. The van der Waals surface area contributed by atoms with Crippen molar-refractivity contribution in [1.82, 2.24) is 5.32 Å². The molecule has 0 aliphatic carbocycles. The number of carbonyl (C=O) groups is 1. The van der Waals surface area contributed by atoms with Gasteiger partial charge in [-0.2, -0.15) is 5.26 Å². The van der Waals surface area contributed by atoms with Crippen molar-refractivity contribution in [2.75, 3.05) is 6.61 Å².